The molecule has 0 unspecified atom stereocenters. The third-order valence-electron chi connectivity index (χ3n) is 1.80. The van der Waals surface area contributed by atoms with Gasteiger partial charge in [0, 0.05) is 0 Å². The molecule has 0 spiro atoms. The molecule has 3 nitrogen and oxygen atoms in total. The van der Waals surface area contributed by atoms with Crippen LogP contribution in [0.25, 0.3) is 0 Å². The number of hydrogen-bond acceptors (Lipinski definition) is 2. The number of carbonyl (C=O) groups is 1. The second-order valence-corrected chi connectivity index (χ2v) is 2.93. The maximum Gasteiger partial charge on any atom is 0.258 e. The number of amides is 1. The summed E-state index contributed by atoms with van der Waals surface area (Å²) in [6, 6.07) is 7.50. The van der Waals surface area contributed by atoms with Crippen LogP contribution in [0.1, 0.15) is 12.5 Å². The molecule has 0 saturated heterocycles. The minimum atomic E-state index is -0.582. The van der Waals surface area contributed by atoms with Crippen LogP contribution in [-0.4, -0.2) is 12.0 Å². The molecule has 1 aromatic rings. The fourth-order valence-electron chi connectivity index (χ4n) is 0.937. The number of nitrogens with two attached hydrogens (primary N) is 1. The fourth-order valence-corrected chi connectivity index (χ4v) is 0.937. The second-order valence-electron chi connectivity index (χ2n) is 2.93. The number of primary amides is 1. The summed E-state index contributed by atoms with van der Waals surface area (Å²) in [6.07, 6.45) is -0.582. The first-order chi connectivity index (χ1) is 6.11. The SMILES string of the molecule is Cc1ccccc1O[C@H](C)C(N)=O. The molecule has 1 amide bonds. The van der Waals surface area contributed by atoms with Gasteiger partial charge in [-0.3, -0.25) is 4.79 Å². The van der Waals surface area contributed by atoms with Crippen LogP contribution in [0.5, 0.6) is 5.75 Å². The topological polar surface area (TPSA) is 52.3 Å². The number of benzene rings is 1. The summed E-state index contributed by atoms with van der Waals surface area (Å²) in [5.74, 6) is 0.247. The maximum absolute atomic E-state index is 10.7. The third-order valence-corrected chi connectivity index (χ3v) is 1.80. The molecule has 1 rings (SSSR count). The van der Waals surface area contributed by atoms with Crippen molar-refractivity contribution < 1.29 is 9.53 Å². The van der Waals surface area contributed by atoms with Crippen molar-refractivity contribution in [2.45, 2.75) is 20.0 Å². The second kappa shape index (κ2) is 3.94. The number of ether oxygens (including phenoxy) is 1. The van der Waals surface area contributed by atoms with Crippen LogP contribution in [0.4, 0.5) is 0 Å². The smallest absolute Gasteiger partial charge is 0.258 e. The number of carbonyl (C=O) groups excluding carboxylic acids is 1. The van der Waals surface area contributed by atoms with Gasteiger partial charge in [-0.1, -0.05) is 18.2 Å². The van der Waals surface area contributed by atoms with E-state index in [1.54, 1.807) is 6.92 Å². The predicted molar refractivity (Wildman–Crippen MR) is 50.5 cm³/mol. The Balaban J connectivity index is 2.74. The summed E-state index contributed by atoms with van der Waals surface area (Å²) in [5, 5.41) is 0. The standard InChI is InChI=1S/C10H13NO2/c1-7-5-3-4-6-9(7)13-8(2)10(11)12/h3-6,8H,1-2H3,(H2,11,12)/t8-/m1/s1. The third kappa shape index (κ3) is 2.47. The molecule has 1 atom stereocenters. The lowest BCUT2D eigenvalue weighted by molar-refractivity contribution is -0.123. The molecule has 3 heteroatoms. The van der Waals surface area contributed by atoms with E-state index in [1.165, 1.54) is 0 Å². The number of hydrogen-bond donors (Lipinski definition) is 1. The molecular formula is C10H13NO2. The Hall–Kier alpha value is -1.51. The minimum absolute atomic E-state index is 0.455. The molecule has 0 saturated carbocycles. The van der Waals surface area contributed by atoms with E-state index in [0.717, 1.165) is 5.56 Å². The highest BCUT2D eigenvalue weighted by Crippen LogP contribution is 2.17. The molecule has 1 aromatic carbocycles. The Labute approximate surface area is 77.5 Å². The van der Waals surface area contributed by atoms with Crippen molar-refractivity contribution in [1.82, 2.24) is 0 Å². The summed E-state index contributed by atoms with van der Waals surface area (Å²) >= 11 is 0. The molecular weight excluding hydrogens is 166 g/mol. The van der Waals surface area contributed by atoms with Crippen molar-refractivity contribution in [3.8, 4) is 5.75 Å². The van der Waals surface area contributed by atoms with E-state index in [0.29, 0.717) is 5.75 Å². The van der Waals surface area contributed by atoms with Gasteiger partial charge in [0.05, 0.1) is 0 Å². The van der Waals surface area contributed by atoms with Crippen LogP contribution in [-0.2, 0) is 4.79 Å². The first-order valence-electron chi connectivity index (χ1n) is 4.13. The highest BCUT2D eigenvalue weighted by Gasteiger charge is 2.10. The summed E-state index contributed by atoms with van der Waals surface area (Å²) in [4.78, 5) is 10.7. The van der Waals surface area contributed by atoms with Crippen molar-refractivity contribution in [3.63, 3.8) is 0 Å². The lowest BCUT2D eigenvalue weighted by atomic mass is 10.2. The van der Waals surface area contributed by atoms with E-state index >= 15 is 0 Å². The lowest BCUT2D eigenvalue weighted by Crippen LogP contribution is -2.30. The number of rotatable bonds is 3. The van der Waals surface area contributed by atoms with Crippen LogP contribution in [0, 0.1) is 6.92 Å². The predicted octanol–water partition coefficient (Wildman–Crippen LogP) is 1.25. The molecule has 13 heavy (non-hydrogen) atoms. The van der Waals surface area contributed by atoms with E-state index in [4.69, 9.17) is 10.5 Å². The zero-order valence-corrected chi connectivity index (χ0v) is 7.78. The zero-order valence-electron chi connectivity index (χ0n) is 7.78. The van der Waals surface area contributed by atoms with Crippen LogP contribution in [0.15, 0.2) is 24.3 Å². The minimum Gasteiger partial charge on any atom is -0.481 e. The van der Waals surface area contributed by atoms with Gasteiger partial charge in [-0.2, -0.15) is 0 Å². The molecule has 0 fully saturated rings. The highest BCUT2D eigenvalue weighted by molar-refractivity contribution is 5.78. The molecule has 0 aromatic heterocycles. The normalized spacial score (nSPS) is 12.2. The number of para-hydroxylation sites is 1. The van der Waals surface area contributed by atoms with E-state index < -0.39 is 12.0 Å². The molecule has 2 N–H and O–H groups in total. The molecule has 0 radical (unpaired) electrons. The van der Waals surface area contributed by atoms with Gasteiger partial charge in [-0.25, -0.2) is 0 Å². The average molecular weight is 179 g/mol. The molecule has 0 bridgehead atoms. The van der Waals surface area contributed by atoms with E-state index in [1.807, 2.05) is 31.2 Å². The van der Waals surface area contributed by atoms with Crippen LogP contribution in [0.2, 0.25) is 0 Å². The highest BCUT2D eigenvalue weighted by atomic mass is 16.5. The largest absolute Gasteiger partial charge is 0.481 e. The quantitative estimate of drug-likeness (QED) is 0.759. The first kappa shape index (κ1) is 9.58. The maximum atomic E-state index is 10.7. The van der Waals surface area contributed by atoms with Gasteiger partial charge in [-0.15, -0.1) is 0 Å². The molecule has 0 aliphatic carbocycles. The molecule has 0 aliphatic heterocycles. The number of aryl methyl sites for hydroxylation is 1. The monoisotopic (exact) mass is 179 g/mol. The Morgan fingerprint density at radius 1 is 1.46 bits per heavy atom. The van der Waals surface area contributed by atoms with Crippen molar-refractivity contribution in [1.29, 1.82) is 0 Å². The summed E-state index contributed by atoms with van der Waals surface area (Å²) < 4.78 is 5.33. The van der Waals surface area contributed by atoms with Crippen molar-refractivity contribution in [2.24, 2.45) is 5.73 Å². The van der Waals surface area contributed by atoms with Gasteiger partial charge in [-0.05, 0) is 25.5 Å². The molecule has 0 heterocycles. The van der Waals surface area contributed by atoms with Gasteiger partial charge < -0.3 is 10.5 Å². The van der Waals surface area contributed by atoms with Crippen molar-refractivity contribution >= 4 is 5.91 Å². The first-order valence-corrected chi connectivity index (χ1v) is 4.13. The summed E-state index contributed by atoms with van der Waals surface area (Å²) in [5.41, 5.74) is 6.07. The van der Waals surface area contributed by atoms with E-state index in [-0.39, 0.29) is 0 Å². The van der Waals surface area contributed by atoms with Gasteiger partial charge in [0.1, 0.15) is 5.75 Å². The van der Waals surface area contributed by atoms with Crippen LogP contribution >= 0.6 is 0 Å². The van der Waals surface area contributed by atoms with E-state index in [9.17, 15) is 4.79 Å². The van der Waals surface area contributed by atoms with Crippen LogP contribution < -0.4 is 10.5 Å². The van der Waals surface area contributed by atoms with Gasteiger partial charge in [0.25, 0.3) is 5.91 Å². The Kier molecular flexibility index (Phi) is 2.90. The molecule has 0 aliphatic rings. The summed E-state index contributed by atoms with van der Waals surface area (Å²) in [6.45, 7) is 3.55. The fraction of sp³-hybridized carbons (Fsp3) is 0.300. The Morgan fingerprint density at radius 2 is 2.08 bits per heavy atom. The summed E-state index contributed by atoms with van der Waals surface area (Å²) in [7, 11) is 0. The van der Waals surface area contributed by atoms with Crippen molar-refractivity contribution in [3.05, 3.63) is 29.8 Å². The van der Waals surface area contributed by atoms with Gasteiger partial charge in [0.2, 0.25) is 0 Å². The van der Waals surface area contributed by atoms with E-state index in [2.05, 4.69) is 0 Å². The van der Waals surface area contributed by atoms with Gasteiger partial charge in [0.15, 0.2) is 6.10 Å². The van der Waals surface area contributed by atoms with Crippen molar-refractivity contribution in [2.75, 3.05) is 0 Å². The van der Waals surface area contributed by atoms with Crippen LogP contribution in [0.3, 0.4) is 0 Å². The lowest BCUT2D eigenvalue weighted by Gasteiger charge is -2.12. The molecule has 70 valence electrons. The zero-order chi connectivity index (χ0) is 9.84. The Morgan fingerprint density at radius 3 is 2.62 bits per heavy atom. The van der Waals surface area contributed by atoms with Gasteiger partial charge >= 0.3 is 0 Å². The Bertz CT molecular complexity index is 310. The average Bonchev–Trinajstić information content (AvgIpc) is 2.08.